The van der Waals surface area contributed by atoms with Crippen molar-refractivity contribution in [3.63, 3.8) is 0 Å². The molecule has 2 saturated heterocycles. The van der Waals surface area contributed by atoms with Crippen molar-refractivity contribution in [2.45, 2.75) is 43.0 Å². The van der Waals surface area contributed by atoms with Crippen molar-refractivity contribution >= 4 is 15.9 Å². The molecule has 23 heavy (non-hydrogen) atoms. The molecular formula is C16H23N3O3S. The predicted octanol–water partition coefficient (Wildman–Crippen LogP) is 0.759. The molecule has 0 unspecified atom stereocenters. The molecule has 2 heterocycles. The van der Waals surface area contributed by atoms with Crippen molar-refractivity contribution in [1.29, 1.82) is 0 Å². The van der Waals surface area contributed by atoms with Gasteiger partial charge >= 0.3 is 0 Å². The van der Waals surface area contributed by atoms with Crippen molar-refractivity contribution in [2.75, 3.05) is 13.1 Å². The van der Waals surface area contributed by atoms with Gasteiger partial charge in [-0.3, -0.25) is 10.1 Å². The van der Waals surface area contributed by atoms with Crippen LogP contribution in [0.2, 0.25) is 0 Å². The predicted molar refractivity (Wildman–Crippen MR) is 88.0 cm³/mol. The molecule has 2 aliphatic rings. The molecule has 1 aromatic carbocycles. The van der Waals surface area contributed by atoms with Crippen LogP contribution >= 0.6 is 0 Å². The highest BCUT2D eigenvalue weighted by Crippen LogP contribution is 2.28. The number of carbonyl (C=O) groups is 1. The highest BCUT2D eigenvalue weighted by molar-refractivity contribution is 7.89. The fourth-order valence-electron chi connectivity index (χ4n) is 3.51. The van der Waals surface area contributed by atoms with E-state index in [0.717, 1.165) is 12.8 Å². The van der Waals surface area contributed by atoms with Gasteiger partial charge in [0, 0.05) is 19.1 Å². The molecule has 1 amide bonds. The number of carbonyl (C=O) groups excluding carboxylic acids is 1. The molecule has 2 fully saturated rings. The number of rotatable bonds is 3. The van der Waals surface area contributed by atoms with E-state index in [-0.39, 0.29) is 18.0 Å². The van der Waals surface area contributed by atoms with Gasteiger partial charge in [0.25, 0.3) is 0 Å². The lowest BCUT2D eigenvalue weighted by Crippen LogP contribution is -2.49. The van der Waals surface area contributed by atoms with Gasteiger partial charge in [0.2, 0.25) is 15.9 Å². The molecule has 0 radical (unpaired) electrons. The van der Waals surface area contributed by atoms with Crippen LogP contribution in [-0.2, 0) is 14.8 Å². The molecule has 0 saturated carbocycles. The summed E-state index contributed by atoms with van der Waals surface area (Å²) in [7, 11) is -3.49. The van der Waals surface area contributed by atoms with Gasteiger partial charge in [-0.2, -0.15) is 0 Å². The second-order valence-electron chi connectivity index (χ2n) is 6.37. The molecule has 0 aliphatic carbocycles. The van der Waals surface area contributed by atoms with E-state index in [0.29, 0.717) is 25.9 Å². The number of hydrogen-bond acceptors (Lipinski definition) is 4. The molecule has 0 aromatic heterocycles. The topological polar surface area (TPSA) is 92.5 Å². The summed E-state index contributed by atoms with van der Waals surface area (Å²) in [6, 6.07) is 10.2. The van der Waals surface area contributed by atoms with Gasteiger partial charge < -0.3 is 4.90 Å². The van der Waals surface area contributed by atoms with Crippen LogP contribution in [0.1, 0.15) is 37.3 Å². The molecule has 0 spiro atoms. The minimum Gasteiger partial charge on any atom is -0.341 e. The Kier molecular flexibility index (Phi) is 4.70. The third kappa shape index (κ3) is 3.73. The second kappa shape index (κ2) is 6.59. The summed E-state index contributed by atoms with van der Waals surface area (Å²) >= 11 is 0. The van der Waals surface area contributed by atoms with Crippen LogP contribution in [0.25, 0.3) is 0 Å². The third-order valence-electron chi connectivity index (χ3n) is 4.86. The first kappa shape index (κ1) is 16.4. The van der Waals surface area contributed by atoms with E-state index in [9.17, 15) is 13.2 Å². The lowest BCUT2D eigenvalue weighted by molar-refractivity contribution is -0.134. The van der Waals surface area contributed by atoms with E-state index in [1.165, 1.54) is 5.56 Å². The molecule has 126 valence electrons. The number of nitrogens with two attached hydrogens (primary N) is 1. The smallest absolute Gasteiger partial charge is 0.239 e. The van der Waals surface area contributed by atoms with Gasteiger partial charge in [0.15, 0.2) is 0 Å². The highest BCUT2D eigenvalue weighted by Gasteiger charge is 2.35. The molecule has 0 bridgehead atoms. The highest BCUT2D eigenvalue weighted by atomic mass is 32.2. The Bertz CT molecular complexity index is 654. The average Bonchev–Trinajstić information content (AvgIpc) is 3.04. The largest absolute Gasteiger partial charge is 0.341 e. The quantitative estimate of drug-likeness (QED) is 0.852. The maximum Gasteiger partial charge on any atom is 0.239 e. The zero-order valence-corrected chi connectivity index (χ0v) is 13.8. The first-order valence-corrected chi connectivity index (χ1v) is 9.67. The summed E-state index contributed by atoms with van der Waals surface area (Å²) < 4.78 is 22.8. The van der Waals surface area contributed by atoms with Crippen LogP contribution < -0.4 is 10.5 Å². The number of sulfonamides is 1. The number of benzene rings is 1. The van der Waals surface area contributed by atoms with Crippen LogP contribution in [0, 0.1) is 0 Å². The summed E-state index contributed by atoms with van der Waals surface area (Å²) in [5, 5.41) is 8.09. The Morgan fingerprint density at radius 3 is 2.35 bits per heavy atom. The van der Waals surface area contributed by atoms with E-state index in [2.05, 4.69) is 17.4 Å². The molecule has 6 nitrogen and oxygen atoms in total. The summed E-state index contributed by atoms with van der Waals surface area (Å²) in [6.45, 7) is 0.933. The Morgan fingerprint density at radius 2 is 1.74 bits per heavy atom. The van der Waals surface area contributed by atoms with Crippen LogP contribution in [0.3, 0.4) is 0 Å². The fourth-order valence-corrected chi connectivity index (χ4v) is 4.38. The normalized spacial score (nSPS) is 26.4. The second-order valence-corrected chi connectivity index (χ2v) is 8.22. The van der Waals surface area contributed by atoms with E-state index < -0.39 is 15.3 Å². The number of primary sulfonamides is 1. The maximum atomic E-state index is 12.6. The minimum atomic E-state index is -3.49. The Hall–Kier alpha value is -1.44. The fraction of sp³-hybridized carbons (Fsp3) is 0.562. The van der Waals surface area contributed by atoms with Crippen molar-refractivity contribution in [3.05, 3.63) is 35.9 Å². The van der Waals surface area contributed by atoms with Crippen molar-refractivity contribution in [2.24, 2.45) is 5.14 Å². The van der Waals surface area contributed by atoms with E-state index in [1.54, 1.807) is 4.90 Å². The van der Waals surface area contributed by atoms with Gasteiger partial charge in [-0.15, -0.1) is 0 Å². The molecule has 2 aliphatic heterocycles. The number of hydrogen-bond donors (Lipinski definition) is 2. The standard InChI is InChI=1S/C16H23N3O3S/c17-23(21,22)13-8-10-19(11-9-13)16(20)15-7-6-14(18-15)12-4-2-1-3-5-12/h1-5,13-15,18H,6-11H2,(H2,17,21,22)/t14-,15-/m1/s1. The third-order valence-corrected chi connectivity index (χ3v) is 6.27. The molecular weight excluding hydrogens is 314 g/mol. The van der Waals surface area contributed by atoms with Crippen LogP contribution in [0.5, 0.6) is 0 Å². The lowest BCUT2D eigenvalue weighted by atomic mass is 10.1. The Labute approximate surface area is 137 Å². The molecule has 7 heteroatoms. The minimum absolute atomic E-state index is 0.0799. The first-order valence-electron chi connectivity index (χ1n) is 8.06. The maximum absolute atomic E-state index is 12.6. The molecule has 3 N–H and O–H groups in total. The average molecular weight is 337 g/mol. The lowest BCUT2D eigenvalue weighted by Gasteiger charge is -2.32. The molecule has 1 aromatic rings. The first-order chi connectivity index (χ1) is 10.9. The van der Waals surface area contributed by atoms with E-state index >= 15 is 0 Å². The van der Waals surface area contributed by atoms with Crippen molar-refractivity contribution in [1.82, 2.24) is 10.2 Å². The SMILES string of the molecule is NS(=O)(=O)C1CCN(C(=O)[C@H]2CC[C@H](c3ccccc3)N2)CC1. The van der Waals surface area contributed by atoms with Gasteiger partial charge in [-0.25, -0.2) is 13.6 Å². The molecule has 3 rings (SSSR count). The van der Waals surface area contributed by atoms with E-state index in [1.807, 2.05) is 18.2 Å². The number of amides is 1. The number of nitrogens with zero attached hydrogens (tertiary/aromatic N) is 1. The Balaban J connectivity index is 1.56. The van der Waals surface area contributed by atoms with Crippen molar-refractivity contribution < 1.29 is 13.2 Å². The number of piperidine rings is 1. The monoisotopic (exact) mass is 337 g/mol. The van der Waals surface area contributed by atoms with Crippen LogP contribution in [0.15, 0.2) is 30.3 Å². The van der Waals surface area contributed by atoms with E-state index in [4.69, 9.17) is 5.14 Å². The zero-order chi connectivity index (χ0) is 16.4. The van der Waals surface area contributed by atoms with Crippen LogP contribution in [-0.4, -0.2) is 43.6 Å². The summed E-state index contributed by atoms with van der Waals surface area (Å²) in [5.74, 6) is 0.0799. The number of likely N-dealkylation sites (tertiary alicyclic amines) is 1. The van der Waals surface area contributed by atoms with Gasteiger partial charge in [-0.05, 0) is 31.2 Å². The summed E-state index contributed by atoms with van der Waals surface area (Å²) in [4.78, 5) is 14.4. The van der Waals surface area contributed by atoms with Gasteiger partial charge in [-0.1, -0.05) is 30.3 Å². The summed E-state index contributed by atoms with van der Waals surface area (Å²) in [5.41, 5.74) is 1.20. The zero-order valence-electron chi connectivity index (χ0n) is 13.0. The molecule has 2 atom stereocenters. The van der Waals surface area contributed by atoms with Gasteiger partial charge in [0.1, 0.15) is 0 Å². The summed E-state index contributed by atoms with van der Waals surface area (Å²) in [6.07, 6.45) is 2.61. The van der Waals surface area contributed by atoms with Crippen LogP contribution in [0.4, 0.5) is 0 Å². The van der Waals surface area contributed by atoms with Gasteiger partial charge in [0.05, 0.1) is 11.3 Å². The number of nitrogens with one attached hydrogen (secondary N) is 1. The Morgan fingerprint density at radius 1 is 1.09 bits per heavy atom. The van der Waals surface area contributed by atoms with Crippen molar-refractivity contribution in [3.8, 4) is 0 Å².